The Balaban J connectivity index is 2.12. The van der Waals surface area contributed by atoms with Gasteiger partial charge in [0.1, 0.15) is 6.07 Å². The van der Waals surface area contributed by atoms with Crippen LogP contribution in [-0.4, -0.2) is 22.8 Å². The molecule has 0 spiro atoms. The highest BCUT2D eigenvalue weighted by Gasteiger charge is 2.16. The van der Waals surface area contributed by atoms with Crippen molar-refractivity contribution < 1.29 is 9.47 Å². The van der Waals surface area contributed by atoms with Crippen molar-refractivity contribution in [2.45, 2.75) is 27.3 Å². The molecule has 0 fully saturated rings. The van der Waals surface area contributed by atoms with E-state index in [0.29, 0.717) is 47.7 Å². The standard InChI is InChI=1S/C22H22ClN3O2/c1-4-26-19-10-8-7-9-18(19)25-22(26)16(14-24)11-15-12-17(23)21(28-6-3)20(13-15)27-5-2/h7-13H,4-6H2,1-3H3/b16-11-. The van der Waals surface area contributed by atoms with Crippen LogP contribution in [0.3, 0.4) is 0 Å². The molecule has 1 aromatic heterocycles. The molecule has 0 amide bonds. The number of para-hydroxylation sites is 2. The summed E-state index contributed by atoms with van der Waals surface area (Å²) in [7, 11) is 0. The van der Waals surface area contributed by atoms with Crippen LogP contribution in [0.25, 0.3) is 22.7 Å². The number of hydrogen-bond donors (Lipinski definition) is 0. The maximum atomic E-state index is 9.81. The van der Waals surface area contributed by atoms with Crippen LogP contribution in [0.2, 0.25) is 5.02 Å². The normalized spacial score (nSPS) is 11.5. The van der Waals surface area contributed by atoms with Gasteiger partial charge in [0.25, 0.3) is 0 Å². The lowest BCUT2D eigenvalue weighted by atomic mass is 10.1. The van der Waals surface area contributed by atoms with E-state index < -0.39 is 0 Å². The smallest absolute Gasteiger partial charge is 0.179 e. The molecule has 0 unspecified atom stereocenters. The number of nitrogens with zero attached hydrogens (tertiary/aromatic N) is 3. The van der Waals surface area contributed by atoms with Gasteiger partial charge in [-0.05, 0) is 56.7 Å². The van der Waals surface area contributed by atoms with Crippen molar-refractivity contribution in [3.05, 3.63) is 52.8 Å². The zero-order chi connectivity index (χ0) is 20.1. The Morgan fingerprint density at radius 2 is 1.93 bits per heavy atom. The lowest BCUT2D eigenvalue weighted by Gasteiger charge is -2.13. The van der Waals surface area contributed by atoms with E-state index in [4.69, 9.17) is 21.1 Å². The first-order valence-corrected chi connectivity index (χ1v) is 9.67. The third kappa shape index (κ3) is 3.83. The SMILES string of the molecule is CCOc1cc(/C=C(/C#N)c2nc3ccccc3n2CC)cc(Cl)c1OCC. The summed E-state index contributed by atoms with van der Waals surface area (Å²) < 4.78 is 13.3. The van der Waals surface area contributed by atoms with Gasteiger partial charge in [-0.25, -0.2) is 4.98 Å². The van der Waals surface area contributed by atoms with Crippen molar-refractivity contribution in [1.29, 1.82) is 5.26 Å². The molecule has 0 saturated heterocycles. The van der Waals surface area contributed by atoms with Crippen LogP contribution in [-0.2, 0) is 6.54 Å². The maximum Gasteiger partial charge on any atom is 0.179 e. The Kier molecular flexibility index (Phi) is 6.23. The summed E-state index contributed by atoms with van der Waals surface area (Å²) in [6, 6.07) is 13.7. The molecule has 0 aliphatic carbocycles. The molecule has 5 nitrogen and oxygen atoms in total. The summed E-state index contributed by atoms with van der Waals surface area (Å²) in [5.74, 6) is 1.71. The second kappa shape index (κ2) is 8.81. The number of aryl methyl sites for hydroxylation is 1. The molecule has 0 bridgehead atoms. The van der Waals surface area contributed by atoms with Crippen LogP contribution in [0.5, 0.6) is 11.5 Å². The van der Waals surface area contributed by atoms with Crippen LogP contribution >= 0.6 is 11.6 Å². The molecule has 0 radical (unpaired) electrons. The molecule has 0 aliphatic rings. The highest BCUT2D eigenvalue weighted by Crippen LogP contribution is 2.37. The number of imidazole rings is 1. The van der Waals surface area contributed by atoms with Gasteiger partial charge in [0.05, 0.1) is 34.8 Å². The summed E-state index contributed by atoms with van der Waals surface area (Å²) in [5.41, 5.74) is 3.07. The number of allylic oxidation sites excluding steroid dienone is 1. The Labute approximate surface area is 169 Å². The van der Waals surface area contributed by atoms with Gasteiger partial charge >= 0.3 is 0 Å². The van der Waals surface area contributed by atoms with E-state index in [1.807, 2.05) is 55.7 Å². The fourth-order valence-corrected chi connectivity index (χ4v) is 3.41. The first-order chi connectivity index (χ1) is 13.6. The van der Waals surface area contributed by atoms with Crippen molar-refractivity contribution in [2.75, 3.05) is 13.2 Å². The minimum Gasteiger partial charge on any atom is -0.490 e. The zero-order valence-electron chi connectivity index (χ0n) is 16.2. The molecule has 2 aromatic carbocycles. The number of rotatable bonds is 7. The highest BCUT2D eigenvalue weighted by molar-refractivity contribution is 6.32. The molecule has 28 heavy (non-hydrogen) atoms. The van der Waals surface area contributed by atoms with E-state index in [0.717, 1.165) is 16.6 Å². The molecule has 0 N–H and O–H groups in total. The second-order valence-corrected chi connectivity index (χ2v) is 6.44. The number of aromatic nitrogens is 2. The molecule has 0 atom stereocenters. The molecule has 0 aliphatic heterocycles. The molecule has 0 saturated carbocycles. The van der Waals surface area contributed by atoms with Crippen LogP contribution in [0.4, 0.5) is 0 Å². The van der Waals surface area contributed by atoms with Gasteiger partial charge in [0.15, 0.2) is 17.3 Å². The summed E-state index contributed by atoms with van der Waals surface area (Å²) >= 11 is 6.41. The van der Waals surface area contributed by atoms with Crippen molar-refractivity contribution in [3.63, 3.8) is 0 Å². The molecular formula is C22H22ClN3O2. The highest BCUT2D eigenvalue weighted by atomic mass is 35.5. The van der Waals surface area contributed by atoms with E-state index in [9.17, 15) is 5.26 Å². The first-order valence-electron chi connectivity index (χ1n) is 9.29. The van der Waals surface area contributed by atoms with Gasteiger partial charge in [-0.15, -0.1) is 0 Å². The van der Waals surface area contributed by atoms with E-state index >= 15 is 0 Å². The number of benzene rings is 2. The van der Waals surface area contributed by atoms with Crippen molar-refractivity contribution in [2.24, 2.45) is 0 Å². The largest absolute Gasteiger partial charge is 0.490 e. The van der Waals surface area contributed by atoms with Crippen LogP contribution < -0.4 is 9.47 Å². The van der Waals surface area contributed by atoms with Gasteiger partial charge in [0, 0.05) is 6.54 Å². The van der Waals surface area contributed by atoms with E-state index in [-0.39, 0.29) is 0 Å². The first kappa shape index (κ1) is 19.8. The quantitative estimate of drug-likeness (QED) is 0.490. The van der Waals surface area contributed by atoms with Crippen molar-refractivity contribution >= 4 is 34.3 Å². The third-order valence-corrected chi connectivity index (χ3v) is 4.54. The Bertz CT molecular complexity index is 1060. The molecule has 1 heterocycles. The Hall–Kier alpha value is -2.97. The van der Waals surface area contributed by atoms with Gasteiger partial charge < -0.3 is 14.0 Å². The number of halogens is 1. The number of fused-ring (bicyclic) bond motifs is 1. The lowest BCUT2D eigenvalue weighted by molar-refractivity contribution is 0.288. The van der Waals surface area contributed by atoms with Crippen LogP contribution in [0.15, 0.2) is 36.4 Å². The average Bonchev–Trinajstić information content (AvgIpc) is 3.07. The van der Waals surface area contributed by atoms with Crippen LogP contribution in [0.1, 0.15) is 32.2 Å². The van der Waals surface area contributed by atoms with E-state index in [1.54, 1.807) is 12.1 Å². The van der Waals surface area contributed by atoms with Gasteiger partial charge in [-0.1, -0.05) is 23.7 Å². The summed E-state index contributed by atoms with van der Waals surface area (Å²) in [4.78, 5) is 4.66. The lowest BCUT2D eigenvalue weighted by Crippen LogP contribution is -2.01. The minimum atomic E-state index is 0.445. The van der Waals surface area contributed by atoms with Crippen molar-refractivity contribution in [3.8, 4) is 17.6 Å². The van der Waals surface area contributed by atoms with Gasteiger partial charge in [-0.2, -0.15) is 5.26 Å². The number of ether oxygens (including phenoxy) is 2. The minimum absolute atomic E-state index is 0.445. The predicted octanol–water partition coefficient (Wildman–Crippen LogP) is 5.57. The third-order valence-electron chi connectivity index (χ3n) is 4.26. The predicted molar refractivity (Wildman–Crippen MR) is 113 cm³/mol. The van der Waals surface area contributed by atoms with Gasteiger partial charge in [0.2, 0.25) is 0 Å². The zero-order valence-corrected chi connectivity index (χ0v) is 17.0. The number of hydrogen-bond acceptors (Lipinski definition) is 4. The summed E-state index contributed by atoms with van der Waals surface area (Å²) in [5, 5.41) is 10.3. The average molecular weight is 396 g/mol. The van der Waals surface area contributed by atoms with Crippen molar-refractivity contribution in [1.82, 2.24) is 9.55 Å². The van der Waals surface area contributed by atoms with E-state index in [1.165, 1.54) is 0 Å². The topological polar surface area (TPSA) is 60.1 Å². The Morgan fingerprint density at radius 1 is 1.18 bits per heavy atom. The molecular weight excluding hydrogens is 374 g/mol. The summed E-state index contributed by atoms with van der Waals surface area (Å²) in [6.45, 7) is 7.51. The fraction of sp³-hybridized carbons (Fsp3) is 0.273. The molecule has 144 valence electrons. The summed E-state index contributed by atoms with van der Waals surface area (Å²) in [6.07, 6.45) is 1.78. The molecule has 3 rings (SSSR count). The molecule has 3 aromatic rings. The Morgan fingerprint density at radius 3 is 2.61 bits per heavy atom. The maximum absolute atomic E-state index is 9.81. The van der Waals surface area contributed by atoms with E-state index in [2.05, 4.69) is 11.1 Å². The molecule has 6 heteroatoms. The monoisotopic (exact) mass is 395 g/mol. The second-order valence-electron chi connectivity index (χ2n) is 6.03. The fourth-order valence-electron chi connectivity index (χ4n) is 3.13. The number of nitriles is 1. The van der Waals surface area contributed by atoms with Gasteiger partial charge in [-0.3, -0.25) is 0 Å². The van der Waals surface area contributed by atoms with Crippen LogP contribution in [0, 0.1) is 11.3 Å².